The molecule has 1 aliphatic heterocycles. The van der Waals surface area contributed by atoms with Crippen molar-refractivity contribution in [2.45, 2.75) is 19.3 Å². The lowest BCUT2D eigenvalue weighted by Crippen LogP contribution is -2.11. The van der Waals surface area contributed by atoms with E-state index in [1.54, 1.807) is 6.20 Å². The van der Waals surface area contributed by atoms with Crippen LogP contribution in [0.1, 0.15) is 18.4 Å². The molecule has 0 unspecified atom stereocenters. The van der Waals surface area contributed by atoms with E-state index in [9.17, 15) is 9.59 Å². The summed E-state index contributed by atoms with van der Waals surface area (Å²) in [6.07, 6.45) is 2.51. The van der Waals surface area contributed by atoms with Gasteiger partial charge in [0.05, 0.1) is 5.69 Å². The van der Waals surface area contributed by atoms with E-state index >= 15 is 0 Å². The van der Waals surface area contributed by atoms with Crippen molar-refractivity contribution < 1.29 is 14.7 Å². The van der Waals surface area contributed by atoms with E-state index in [0.717, 1.165) is 11.3 Å². The molecule has 0 fully saturated rings. The molecule has 0 aliphatic carbocycles. The molecule has 6 heteroatoms. The molecule has 1 aromatic heterocycles. The molecule has 17 heavy (non-hydrogen) atoms. The first-order chi connectivity index (χ1) is 8.15. The first kappa shape index (κ1) is 11.4. The molecule has 90 valence electrons. The molecule has 0 spiro atoms. The highest BCUT2D eigenvalue weighted by atomic mass is 16.4. The number of nitrogens with one attached hydrogen (secondary N) is 2. The Morgan fingerprint density at radius 1 is 1.53 bits per heavy atom. The molecule has 2 rings (SSSR count). The van der Waals surface area contributed by atoms with Gasteiger partial charge >= 0.3 is 5.97 Å². The second-order valence-electron chi connectivity index (χ2n) is 3.86. The largest absolute Gasteiger partial charge is 0.481 e. The zero-order valence-corrected chi connectivity index (χ0v) is 9.19. The van der Waals surface area contributed by atoms with Crippen LogP contribution >= 0.6 is 0 Å². The van der Waals surface area contributed by atoms with Gasteiger partial charge in [0.1, 0.15) is 0 Å². The molecule has 6 nitrogen and oxygen atoms in total. The van der Waals surface area contributed by atoms with Crippen molar-refractivity contribution in [3.05, 3.63) is 17.8 Å². The van der Waals surface area contributed by atoms with Crippen LogP contribution in [0.2, 0.25) is 0 Å². The molecule has 0 atom stereocenters. The van der Waals surface area contributed by atoms with Crippen LogP contribution in [0, 0.1) is 0 Å². The van der Waals surface area contributed by atoms with Crippen molar-refractivity contribution in [1.82, 2.24) is 4.98 Å². The van der Waals surface area contributed by atoms with E-state index in [4.69, 9.17) is 5.11 Å². The fourth-order valence-corrected chi connectivity index (χ4v) is 1.64. The number of carboxylic acids is 1. The number of hydrogen-bond donors (Lipinski definition) is 3. The summed E-state index contributed by atoms with van der Waals surface area (Å²) in [6.45, 7) is 0.558. The van der Waals surface area contributed by atoms with Gasteiger partial charge in [-0.2, -0.15) is 0 Å². The molecule has 0 saturated heterocycles. The highest BCUT2D eigenvalue weighted by Crippen LogP contribution is 2.23. The second kappa shape index (κ2) is 4.82. The SMILES string of the molecule is O=C(O)CCc1cnc2c(c1)NCCC(=O)N2. The molecule has 3 N–H and O–H groups in total. The summed E-state index contributed by atoms with van der Waals surface area (Å²) in [6, 6.07) is 1.83. The number of hydrogen-bond acceptors (Lipinski definition) is 4. The number of fused-ring (bicyclic) bond motifs is 1. The highest BCUT2D eigenvalue weighted by molar-refractivity contribution is 5.94. The Morgan fingerprint density at radius 2 is 2.35 bits per heavy atom. The maximum atomic E-state index is 11.3. The van der Waals surface area contributed by atoms with E-state index in [1.807, 2.05) is 6.07 Å². The minimum atomic E-state index is -0.832. The number of amides is 1. The number of carboxylic acid groups (broad SMARTS) is 1. The topological polar surface area (TPSA) is 91.3 Å². The molecule has 0 bridgehead atoms. The van der Waals surface area contributed by atoms with Crippen LogP contribution in [-0.4, -0.2) is 28.5 Å². The quantitative estimate of drug-likeness (QED) is 0.722. The molecular weight excluding hydrogens is 222 g/mol. The zero-order chi connectivity index (χ0) is 12.3. The Balaban J connectivity index is 2.15. The van der Waals surface area contributed by atoms with Crippen molar-refractivity contribution in [1.29, 1.82) is 0 Å². The van der Waals surface area contributed by atoms with E-state index in [2.05, 4.69) is 15.6 Å². The number of pyridine rings is 1. The lowest BCUT2D eigenvalue weighted by molar-refractivity contribution is -0.137. The third kappa shape index (κ3) is 2.93. The van der Waals surface area contributed by atoms with Gasteiger partial charge in [-0.3, -0.25) is 9.59 Å². The number of aryl methyl sites for hydroxylation is 1. The third-order valence-corrected chi connectivity index (χ3v) is 2.50. The van der Waals surface area contributed by atoms with Gasteiger partial charge in [-0.15, -0.1) is 0 Å². The summed E-state index contributed by atoms with van der Waals surface area (Å²) in [5.74, 6) is -0.394. The average Bonchev–Trinajstić information content (AvgIpc) is 2.46. The summed E-state index contributed by atoms with van der Waals surface area (Å²) >= 11 is 0. The Kier molecular flexibility index (Phi) is 3.22. The molecule has 1 aliphatic rings. The molecule has 1 amide bonds. The monoisotopic (exact) mass is 235 g/mol. The van der Waals surface area contributed by atoms with Gasteiger partial charge in [-0.25, -0.2) is 4.98 Å². The van der Waals surface area contributed by atoms with E-state index in [1.165, 1.54) is 0 Å². The van der Waals surface area contributed by atoms with Crippen molar-refractivity contribution >= 4 is 23.4 Å². The van der Waals surface area contributed by atoms with Crippen LogP contribution < -0.4 is 10.6 Å². The molecule has 1 aromatic rings. The number of rotatable bonds is 3. The maximum absolute atomic E-state index is 11.3. The molecule has 0 aromatic carbocycles. The van der Waals surface area contributed by atoms with Crippen molar-refractivity contribution in [2.24, 2.45) is 0 Å². The van der Waals surface area contributed by atoms with Crippen LogP contribution in [0.3, 0.4) is 0 Å². The number of nitrogens with zero attached hydrogens (tertiary/aromatic N) is 1. The normalized spacial score (nSPS) is 14.2. The fourth-order valence-electron chi connectivity index (χ4n) is 1.64. The summed E-state index contributed by atoms with van der Waals surface area (Å²) in [4.78, 5) is 25.9. The van der Waals surface area contributed by atoms with Crippen LogP contribution in [-0.2, 0) is 16.0 Å². The first-order valence-electron chi connectivity index (χ1n) is 5.39. The number of aliphatic carboxylic acids is 1. The smallest absolute Gasteiger partial charge is 0.303 e. The first-order valence-corrected chi connectivity index (χ1v) is 5.39. The van der Waals surface area contributed by atoms with Gasteiger partial charge in [0.25, 0.3) is 0 Å². The number of anilines is 2. The second-order valence-corrected chi connectivity index (χ2v) is 3.86. The number of aromatic nitrogens is 1. The summed E-state index contributed by atoms with van der Waals surface area (Å²) in [5, 5.41) is 14.4. The fraction of sp³-hybridized carbons (Fsp3) is 0.364. The Morgan fingerprint density at radius 3 is 3.12 bits per heavy atom. The van der Waals surface area contributed by atoms with Gasteiger partial charge in [0, 0.05) is 25.6 Å². The van der Waals surface area contributed by atoms with E-state index < -0.39 is 5.97 Å². The summed E-state index contributed by atoms with van der Waals surface area (Å²) in [7, 11) is 0. The summed E-state index contributed by atoms with van der Waals surface area (Å²) < 4.78 is 0. The Labute approximate surface area is 98.1 Å². The van der Waals surface area contributed by atoms with Crippen LogP contribution in [0.25, 0.3) is 0 Å². The molecule has 2 heterocycles. The Hall–Kier alpha value is -2.11. The van der Waals surface area contributed by atoms with Crippen molar-refractivity contribution in [3.8, 4) is 0 Å². The standard InChI is InChI=1S/C11H13N3O3/c15-9-3-4-12-8-5-7(1-2-10(16)17)6-13-11(8)14-9/h5-6,12H,1-4H2,(H,16,17)(H,13,14,15). The predicted molar refractivity (Wildman–Crippen MR) is 61.9 cm³/mol. The van der Waals surface area contributed by atoms with Crippen LogP contribution in [0.15, 0.2) is 12.3 Å². The minimum Gasteiger partial charge on any atom is -0.481 e. The van der Waals surface area contributed by atoms with Crippen molar-refractivity contribution in [2.75, 3.05) is 17.2 Å². The predicted octanol–water partition coefficient (Wildman–Crippen LogP) is 0.853. The number of carbonyl (C=O) groups is 2. The van der Waals surface area contributed by atoms with Crippen molar-refractivity contribution in [3.63, 3.8) is 0 Å². The minimum absolute atomic E-state index is 0.0676. The van der Waals surface area contributed by atoms with Crippen LogP contribution in [0.5, 0.6) is 0 Å². The van der Waals surface area contributed by atoms with E-state index in [-0.39, 0.29) is 12.3 Å². The zero-order valence-electron chi connectivity index (χ0n) is 9.19. The molecule has 0 radical (unpaired) electrons. The van der Waals surface area contributed by atoms with Gasteiger partial charge in [-0.1, -0.05) is 0 Å². The third-order valence-electron chi connectivity index (χ3n) is 2.50. The Bertz CT molecular complexity index is 459. The molecule has 0 saturated carbocycles. The van der Waals surface area contributed by atoms with Gasteiger partial charge in [-0.05, 0) is 18.1 Å². The van der Waals surface area contributed by atoms with Gasteiger partial charge in [0.2, 0.25) is 5.91 Å². The average molecular weight is 235 g/mol. The maximum Gasteiger partial charge on any atom is 0.303 e. The number of carbonyl (C=O) groups excluding carboxylic acids is 1. The summed E-state index contributed by atoms with van der Waals surface area (Å²) in [5.41, 5.74) is 1.59. The van der Waals surface area contributed by atoms with E-state index in [0.29, 0.717) is 25.2 Å². The highest BCUT2D eigenvalue weighted by Gasteiger charge is 2.13. The van der Waals surface area contributed by atoms with Crippen LogP contribution in [0.4, 0.5) is 11.5 Å². The van der Waals surface area contributed by atoms with Gasteiger partial charge < -0.3 is 15.7 Å². The van der Waals surface area contributed by atoms with Gasteiger partial charge in [0.15, 0.2) is 5.82 Å². The molecular formula is C11H13N3O3. The lowest BCUT2D eigenvalue weighted by Gasteiger charge is -2.08. The lowest BCUT2D eigenvalue weighted by atomic mass is 10.1.